The van der Waals surface area contributed by atoms with E-state index >= 15 is 0 Å². The molecule has 28 heavy (non-hydrogen) atoms. The van der Waals surface area contributed by atoms with Crippen molar-refractivity contribution >= 4 is 0 Å². The first-order valence-electron chi connectivity index (χ1n) is 10.9. The first-order chi connectivity index (χ1) is 13.8. The van der Waals surface area contributed by atoms with E-state index in [1.165, 1.54) is 43.2 Å². The summed E-state index contributed by atoms with van der Waals surface area (Å²) in [6.45, 7) is 5.25. The van der Waals surface area contributed by atoms with E-state index in [-0.39, 0.29) is 6.29 Å². The molecule has 0 amide bonds. The number of rotatable bonds is 10. The lowest BCUT2D eigenvalue weighted by Crippen LogP contribution is -2.22. The van der Waals surface area contributed by atoms with Crippen LogP contribution in [-0.4, -0.2) is 19.5 Å². The first kappa shape index (κ1) is 20.7. The molecule has 1 saturated carbocycles. The van der Waals surface area contributed by atoms with Gasteiger partial charge in [-0.1, -0.05) is 57.4 Å². The number of hydrogen-bond acceptors (Lipinski definition) is 3. The number of ether oxygens (including phenoxy) is 3. The summed E-state index contributed by atoms with van der Waals surface area (Å²) >= 11 is 0. The van der Waals surface area contributed by atoms with Crippen molar-refractivity contribution in [2.24, 2.45) is 0 Å². The maximum absolute atomic E-state index is 5.92. The van der Waals surface area contributed by atoms with Gasteiger partial charge in [0.2, 0.25) is 0 Å². The van der Waals surface area contributed by atoms with Gasteiger partial charge in [0.05, 0.1) is 6.61 Å². The molecule has 1 aliphatic rings. The molecule has 3 nitrogen and oxygen atoms in total. The van der Waals surface area contributed by atoms with Crippen LogP contribution < -0.4 is 9.47 Å². The van der Waals surface area contributed by atoms with Crippen molar-refractivity contribution in [2.75, 3.05) is 13.2 Å². The van der Waals surface area contributed by atoms with E-state index in [2.05, 4.69) is 50.2 Å². The van der Waals surface area contributed by atoms with E-state index in [9.17, 15) is 0 Å². The highest BCUT2D eigenvalue weighted by molar-refractivity contribution is 5.30. The number of benzene rings is 2. The fourth-order valence-electron chi connectivity index (χ4n) is 3.80. The van der Waals surface area contributed by atoms with Gasteiger partial charge in [-0.05, 0) is 60.6 Å². The van der Waals surface area contributed by atoms with E-state index in [1.54, 1.807) is 0 Å². The van der Waals surface area contributed by atoms with Crippen molar-refractivity contribution in [3.63, 3.8) is 0 Å². The lowest BCUT2D eigenvalue weighted by Gasteiger charge is -2.22. The Morgan fingerprint density at radius 1 is 0.821 bits per heavy atom. The van der Waals surface area contributed by atoms with Gasteiger partial charge in [-0.3, -0.25) is 0 Å². The Labute approximate surface area is 170 Å². The summed E-state index contributed by atoms with van der Waals surface area (Å²) in [7, 11) is 0. The quantitative estimate of drug-likeness (QED) is 0.346. The third kappa shape index (κ3) is 6.27. The molecule has 1 fully saturated rings. The van der Waals surface area contributed by atoms with Gasteiger partial charge in [-0.15, -0.1) is 0 Å². The van der Waals surface area contributed by atoms with Crippen LogP contribution in [0.4, 0.5) is 0 Å². The van der Waals surface area contributed by atoms with Gasteiger partial charge in [0.25, 0.3) is 0 Å². The largest absolute Gasteiger partial charge is 0.491 e. The van der Waals surface area contributed by atoms with Crippen LogP contribution in [0.15, 0.2) is 48.5 Å². The molecule has 1 aliphatic carbocycles. The molecule has 0 spiro atoms. The van der Waals surface area contributed by atoms with Gasteiger partial charge in [-0.25, -0.2) is 0 Å². The fourth-order valence-corrected chi connectivity index (χ4v) is 3.80. The first-order valence-corrected chi connectivity index (χ1v) is 10.9. The monoisotopic (exact) mass is 382 g/mol. The molecule has 1 atom stereocenters. The van der Waals surface area contributed by atoms with Gasteiger partial charge >= 0.3 is 0 Å². The third-order valence-electron chi connectivity index (χ3n) is 5.54. The summed E-state index contributed by atoms with van der Waals surface area (Å²) in [6.07, 6.45) is 8.36. The second kappa shape index (κ2) is 11.1. The minimum atomic E-state index is -0.246. The standard InChI is InChI=1S/C25H34O3/c1-3-20-10-14-24(15-11-20)28-25(4-2)27-19-18-26-23-16-12-22(13-17-23)21-8-6-5-7-9-21/h10-17,21,25H,3-9,18-19H2,1-2H3. The van der Waals surface area contributed by atoms with Gasteiger partial charge < -0.3 is 14.2 Å². The van der Waals surface area contributed by atoms with Crippen LogP contribution in [0.5, 0.6) is 11.5 Å². The maximum Gasteiger partial charge on any atom is 0.199 e. The van der Waals surface area contributed by atoms with E-state index < -0.39 is 0 Å². The smallest absolute Gasteiger partial charge is 0.199 e. The minimum absolute atomic E-state index is 0.246. The van der Waals surface area contributed by atoms with Crippen LogP contribution in [-0.2, 0) is 11.2 Å². The molecule has 1 unspecified atom stereocenters. The van der Waals surface area contributed by atoms with Crippen molar-refractivity contribution in [2.45, 2.75) is 71.0 Å². The highest BCUT2D eigenvalue weighted by Gasteiger charge is 2.15. The van der Waals surface area contributed by atoms with Crippen LogP contribution in [0, 0.1) is 0 Å². The fraction of sp³-hybridized carbons (Fsp3) is 0.520. The second-order valence-electron chi connectivity index (χ2n) is 7.58. The molecule has 152 valence electrons. The van der Waals surface area contributed by atoms with Crippen molar-refractivity contribution in [1.29, 1.82) is 0 Å². The van der Waals surface area contributed by atoms with Gasteiger partial charge in [0.15, 0.2) is 6.29 Å². The van der Waals surface area contributed by atoms with Crippen molar-refractivity contribution in [3.05, 3.63) is 59.7 Å². The summed E-state index contributed by atoms with van der Waals surface area (Å²) in [6, 6.07) is 16.9. The lowest BCUT2D eigenvalue weighted by atomic mass is 9.84. The normalized spacial score (nSPS) is 15.9. The van der Waals surface area contributed by atoms with Crippen LogP contribution in [0.1, 0.15) is 69.4 Å². The lowest BCUT2D eigenvalue weighted by molar-refractivity contribution is -0.0880. The molecule has 0 saturated heterocycles. The van der Waals surface area contributed by atoms with E-state index in [0.717, 1.165) is 30.3 Å². The van der Waals surface area contributed by atoms with Crippen LogP contribution in [0.3, 0.4) is 0 Å². The number of aryl methyl sites for hydroxylation is 1. The summed E-state index contributed by atoms with van der Waals surface area (Å²) in [5.41, 5.74) is 2.76. The Morgan fingerprint density at radius 3 is 2.14 bits per heavy atom. The molecule has 0 radical (unpaired) electrons. The molecule has 0 aromatic heterocycles. The second-order valence-corrected chi connectivity index (χ2v) is 7.58. The average molecular weight is 383 g/mol. The van der Waals surface area contributed by atoms with Gasteiger partial charge in [0, 0.05) is 6.42 Å². The molecule has 2 aromatic rings. The predicted octanol–water partition coefficient (Wildman–Crippen LogP) is 6.51. The minimum Gasteiger partial charge on any atom is -0.491 e. The zero-order chi connectivity index (χ0) is 19.6. The van der Waals surface area contributed by atoms with Crippen molar-refractivity contribution in [3.8, 4) is 11.5 Å². The number of hydrogen-bond donors (Lipinski definition) is 0. The maximum atomic E-state index is 5.92. The van der Waals surface area contributed by atoms with Crippen molar-refractivity contribution < 1.29 is 14.2 Å². The van der Waals surface area contributed by atoms with Crippen LogP contribution >= 0.6 is 0 Å². The molecule has 0 aliphatic heterocycles. The highest BCUT2D eigenvalue weighted by Crippen LogP contribution is 2.33. The summed E-state index contributed by atoms with van der Waals surface area (Å²) < 4.78 is 17.6. The molecule has 0 N–H and O–H groups in total. The Bertz CT molecular complexity index is 672. The summed E-state index contributed by atoms with van der Waals surface area (Å²) in [5.74, 6) is 2.50. The van der Waals surface area contributed by atoms with Gasteiger partial charge in [0.1, 0.15) is 18.1 Å². The Morgan fingerprint density at radius 2 is 1.50 bits per heavy atom. The summed E-state index contributed by atoms with van der Waals surface area (Å²) in [5, 5.41) is 0. The van der Waals surface area contributed by atoms with Crippen LogP contribution in [0.2, 0.25) is 0 Å². The average Bonchev–Trinajstić information content (AvgIpc) is 2.77. The molecule has 2 aromatic carbocycles. The van der Waals surface area contributed by atoms with Crippen molar-refractivity contribution in [1.82, 2.24) is 0 Å². The van der Waals surface area contributed by atoms with Crippen LogP contribution in [0.25, 0.3) is 0 Å². The topological polar surface area (TPSA) is 27.7 Å². The van der Waals surface area contributed by atoms with E-state index in [1.807, 2.05) is 12.1 Å². The SMILES string of the molecule is CCc1ccc(OC(CC)OCCOc2ccc(C3CCCCC3)cc2)cc1. The van der Waals surface area contributed by atoms with E-state index in [4.69, 9.17) is 14.2 Å². The third-order valence-corrected chi connectivity index (χ3v) is 5.54. The Hall–Kier alpha value is -2.00. The molecule has 3 rings (SSSR count). The zero-order valence-corrected chi connectivity index (χ0v) is 17.4. The molecule has 3 heteroatoms. The molecule has 0 bridgehead atoms. The highest BCUT2D eigenvalue weighted by atomic mass is 16.7. The predicted molar refractivity (Wildman–Crippen MR) is 114 cm³/mol. The molecule has 0 heterocycles. The zero-order valence-electron chi connectivity index (χ0n) is 17.4. The summed E-state index contributed by atoms with van der Waals surface area (Å²) in [4.78, 5) is 0. The molecular weight excluding hydrogens is 348 g/mol. The Kier molecular flexibility index (Phi) is 8.23. The van der Waals surface area contributed by atoms with Gasteiger partial charge in [-0.2, -0.15) is 0 Å². The van der Waals surface area contributed by atoms with E-state index in [0.29, 0.717) is 13.2 Å². The Balaban J connectivity index is 1.38. The molecular formula is C25H34O3.